The Bertz CT molecular complexity index is 612. The minimum atomic E-state index is 1.26. The Morgan fingerprint density at radius 2 is 0.526 bits per heavy atom. The molecule has 0 saturated heterocycles. The maximum absolute atomic E-state index is 2.29. The van der Waals surface area contributed by atoms with Gasteiger partial charge in [-0.2, -0.15) is 0 Å². The quantitative estimate of drug-likeness (QED) is 0.121. The molecule has 0 nitrogen and oxygen atoms in total. The van der Waals surface area contributed by atoms with Crippen LogP contribution in [0, 0.1) is 0 Å². The summed E-state index contributed by atoms with van der Waals surface area (Å²) in [5.41, 5.74) is 3.00. The van der Waals surface area contributed by atoms with Gasteiger partial charge < -0.3 is 0 Å². The van der Waals surface area contributed by atoms with Crippen molar-refractivity contribution >= 4 is 0 Å². The first-order valence-electron chi connectivity index (χ1n) is 16.9. The first kappa shape index (κ1) is 34.5. The number of aryl methyl sites for hydroxylation is 2. The van der Waals surface area contributed by atoms with E-state index < -0.39 is 0 Å². The fourth-order valence-corrected chi connectivity index (χ4v) is 5.28. The number of hydrogen-bond acceptors (Lipinski definition) is 0. The molecule has 0 heterocycles. The standard InChI is InChI=1S/2C19H32/c2*1-2-3-4-5-6-7-8-9-10-11-13-16-19-17-14-12-15-18-19/h2*12,14-15,17-18H,2-11,13,16H2,1H3. The third-order valence-corrected chi connectivity index (χ3v) is 7.82. The molecule has 38 heavy (non-hydrogen) atoms. The van der Waals surface area contributed by atoms with Crippen molar-refractivity contribution in [3.05, 3.63) is 71.8 Å². The zero-order chi connectivity index (χ0) is 27.2. The van der Waals surface area contributed by atoms with Gasteiger partial charge in [-0.25, -0.2) is 0 Å². The van der Waals surface area contributed by atoms with Crippen LogP contribution in [0.25, 0.3) is 0 Å². The van der Waals surface area contributed by atoms with Crippen LogP contribution in [-0.2, 0) is 12.8 Å². The molecule has 0 atom stereocenters. The summed E-state index contributed by atoms with van der Waals surface area (Å²) in [5.74, 6) is 0. The summed E-state index contributed by atoms with van der Waals surface area (Å²) < 4.78 is 0. The lowest BCUT2D eigenvalue weighted by molar-refractivity contribution is 0.549. The molecule has 2 aromatic rings. The van der Waals surface area contributed by atoms with E-state index in [2.05, 4.69) is 74.5 Å². The third-order valence-electron chi connectivity index (χ3n) is 7.82. The molecular formula is C38H64. The van der Waals surface area contributed by atoms with E-state index in [1.165, 1.54) is 165 Å². The molecule has 216 valence electrons. The van der Waals surface area contributed by atoms with Gasteiger partial charge in [0, 0.05) is 0 Å². The van der Waals surface area contributed by atoms with E-state index in [1.807, 2.05) is 0 Å². The van der Waals surface area contributed by atoms with Gasteiger partial charge in [-0.15, -0.1) is 0 Å². The van der Waals surface area contributed by atoms with Gasteiger partial charge >= 0.3 is 0 Å². The average Bonchev–Trinajstić information content (AvgIpc) is 2.96. The smallest absolute Gasteiger partial charge is 0.0279 e. The molecule has 0 spiro atoms. The summed E-state index contributed by atoms with van der Waals surface area (Å²) in [5, 5.41) is 0. The molecule has 2 rings (SSSR count). The topological polar surface area (TPSA) is 0 Å². The first-order valence-corrected chi connectivity index (χ1v) is 16.9. The van der Waals surface area contributed by atoms with E-state index in [0.29, 0.717) is 0 Å². The molecule has 0 heteroatoms. The normalized spacial score (nSPS) is 10.8. The van der Waals surface area contributed by atoms with Crippen molar-refractivity contribution in [2.75, 3.05) is 0 Å². The SMILES string of the molecule is CCCCCCCCCCCCCc1ccccc1.CCCCCCCCCCCCCc1ccccc1. The fraction of sp³-hybridized carbons (Fsp3) is 0.684. The Hall–Kier alpha value is -1.56. The highest BCUT2D eigenvalue weighted by Gasteiger charge is 1.96. The minimum Gasteiger partial charge on any atom is -0.0654 e. The van der Waals surface area contributed by atoms with E-state index in [0.717, 1.165) is 0 Å². The second-order valence-electron chi connectivity index (χ2n) is 11.5. The summed E-state index contributed by atoms with van der Waals surface area (Å²) in [6.45, 7) is 4.57. The van der Waals surface area contributed by atoms with E-state index in [4.69, 9.17) is 0 Å². The summed E-state index contributed by atoms with van der Waals surface area (Å²) in [4.78, 5) is 0. The molecule has 0 unspecified atom stereocenters. The van der Waals surface area contributed by atoms with Gasteiger partial charge in [0.25, 0.3) is 0 Å². The number of benzene rings is 2. The Balaban J connectivity index is 0.000000380. The van der Waals surface area contributed by atoms with Gasteiger partial charge in [0.1, 0.15) is 0 Å². The molecule has 0 aliphatic rings. The van der Waals surface area contributed by atoms with Gasteiger partial charge in [0.05, 0.1) is 0 Å². The van der Waals surface area contributed by atoms with Gasteiger partial charge in [0.15, 0.2) is 0 Å². The lowest BCUT2D eigenvalue weighted by atomic mass is 10.0. The molecule has 0 aromatic heterocycles. The molecule has 0 fully saturated rings. The van der Waals surface area contributed by atoms with Crippen LogP contribution < -0.4 is 0 Å². The monoisotopic (exact) mass is 521 g/mol. The molecule has 2 aromatic carbocycles. The van der Waals surface area contributed by atoms with E-state index in [-0.39, 0.29) is 0 Å². The first-order chi connectivity index (χ1) is 18.9. The van der Waals surface area contributed by atoms with Crippen LogP contribution >= 0.6 is 0 Å². The van der Waals surface area contributed by atoms with Crippen molar-refractivity contribution in [3.8, 4) is 0 Å². The van der Waals surface area contributed by atoms with Crippen LogP contribution in [-0.4, -0.2) is 0 Å². The highest BCUT2D eigenvalue weighted by atomic mass is 14.0. The largest absolute Gasteiger partial charge is 0.0654 e. The van der Waals surface area contributed by atoms with Crippen LogP contribution in [0.4, 0.5) is 0 Å². The Labute approximate surface area is 239 Å². The predicted octanol–water partition coefficient (Wildman–Crippen LogP) is 13.1. The zero-order valence-corrected chi connectivity index (χ0v) is 25.7. The fourth-order valence-electron chi connectivity index (χ4n) is 5.28. The average molecular weight is 521 g/mol. The maximum Gasteiger partial charge on any atom is -0.0279 e. The molecule has 0 aliphatic heterocycles. The van der Waals surface area contributed by atoms with E-state index in [1.54, 1.807) is 0 Å². The molecule has 0 saturated carbocycles. The zero-order valence-electron chi connectivity index (χ0n) is 25.7. The van der Waals surface area contributed by atoms with Crippen molar-refractivity contribution in [3.63, 3.8) is 0 Å². The third kappa shape index (κ3) is 23.5. The summed E-state index contributed by atoms with van der Waals surface area (Å²) >= 11 is 0. The van der Waals surface area contributed by atoms with E-state index in [9.17, 15) is 0 Å². The number of unbranched alkanes of at least 4 members (excludes halogenated alkanes) is 20. The van der Waals surface area contributed by atoms with Gasteiger partial charge in [0.2, 0.25) is 0 Å². The summed E-state index contributed by atoms with van der Waals surface area (Å²) in [7, 11) is 0. The van der Waals surface area contributed by atoms with E-state index >= 15 is 0 Å². The highest BCUT2D eigenvalue weighted by molar-refractivity contribution is 5.15. The second-order valence-corrected chi connectivity index (χ2v) is 11.5. The lowest BCUT2D eigenvalue weighted by Gasteiger charge is -2.03. The van der Waals surface area contributed by atoms with Crippen molar-refractivity contribution in [2.45, 2.75) is 168 Å². The van der Waals surface area contributed by atoms with Crippen molar-refractivity contribution in [1.29, 1.82) is 0 Å². The molecule has 0 N–H and O–H groups in total. The van der Waals surface area contributed by atoms with Gasteiger partial charge in [-0.1, -0.05) is 203 Å². The molecule has 0 aliphatic carbocycles. The minimum absolute atomic E-state index is 1.26. The Morgan fingerprint density at radius 1 is 0.289 bits per heavy atom. The van der Waals surface area contributed by atoms with Crippen molar-refractivity contribution < 1.29 is 0 Å². The molecule has 0 amide bonds. The Morgan fingerprint density at radius 3 is 0.789 bits per heavy atom. The van der Waals surface area contributed by atoms with Crippen LogP contribution in [0.3, 0.4) is 0 Å². The van der Waals surface area contributed by atoms with Crippen LogP contribution in [0.15, 0.2) is 60.7 Å². The van der Waals surface area contributed by atoms with Crippen LogP contribution in [0.5, 0.6) is 0 Å². The maximum atomic E-state index is 2.29. The summed E-state index contributed by atoms with van der Waals surface area (Å²) in [6.07, 6.45) is 34.0. The predicted molar refractivity (Wildman–Crippen MR) is 173 cm³/mol. The number of hydrogen-bond donors (Lipinski definition) is 0. The van der Waals surface area contributed by atoms with Crippen LogP contribution in [0.1, 0.15) is 166 Å². The molecule has 0 radical (unpaired) electrons. The second kappa shape index (κ2) is 28.4. The highest BCUT2D eigenvalue weighted by Crippen LogP contribution is 2.14. The van der Waals surface area contributed by atoms with Crippen molar-refractivity contribution in [1.82, 2.24) is 0 Å². The van der Waals surface area contributed by atoms with Crippen molar-refractivity contribution in [2.24, 2.45) is 0 Å². The molecular weight excluding hydrogens is 456 g/mol. The molecule has 0 bridgehead atoms. The van der Waals surface area contributed by atoms with Gasteiger partial charge in [-0.3, -0.25) is 0 Å². The Kier molecular flexibility index (Phi) is 25.8. The summed E-state index contributed by atoms with van der Waals surface area (Å²) in [6, 6.07) is 21.8. The lowest BCUT2D eigenvalue weighted by Crippen LogP contribution is -1.86. The van der Waals surface area contributed by atoms with Gasteiger partial charge in [-0.05, 0) is 36.8 Å². The number of rotatable bonds is 24. The van der Waals surface area contributed by atoms with Crippen LogP contribution in [0.2, 0.25) is 0 Å².